The molecule has 0 saturated carbocycles. The third kappa shape index (κ3) is 3.77. The Bertz CT molecular complexity index is 692. The van der Waals surface area contributed by atoms with E-state index in [1.165, 1.54) is 5.69 Å². The maximum absolute atomic E-state index is 9.91. The van der Waals surface area contributed by atoms with Gasteiger partial charge in [-0.25, -0.2) is 0 Å². The lowest BCUT2D eigenvalue weighted by molar-refractivity contribution is 0.270. The Labute approximate surface area is 141 Å². The molecule has 0 bridgehead atoms. The zero-order valence-electron chi connectivity index (χ0n) is 13.1. The van der Waals surface area contributed by atoms with Crippen molar-refractivity contribution in [3.8, 4) is 5.75 Å². The molecule has 0 unspecified atom stereocenters. The number of para-hydroxylation sites is 1. The second-order valence-electron chi connectivity index (χ2n) is 5.62. The second-order valence-corrected chi connectivity index (χ2v) is 6.06. The minimum atomic E-state index is 0.272. The molecule has 3 rings (SSSR count). The molecule has 0 radical (unpaired) electrons. The van der Waals surface area contributed by atoms with Crippen LogP contribution in [-0.2, 0) is 0 Å². The Balaban J connectivity index is 1.64. The van der Waals surface area contributed by atoms with E-state index < -0.39 is 0 Å². The maximum Gasteiger partial charge on any atom is 0.124 e. The van der Waals surface area contributed by atoms with Gasteiger partial charge in [0, 0.05) is 29.4 Å². The van der Waals surface area contributed by atoms with Crippen LogP contribution in [0.25, 0.3) is 0 Å². The number of halogens is 1. The average Bonchev–Trinajstić information content (AvgIpc) is 2.57. The number of rotatable bonds is 3. The van der Waals surface area contributed by atoms with Gasteiger partial charge in [0.1, 0.15) is 5.75 Å². The van der Waals surface area contributed by atoms with Crippen LogP contribution in [-0.4, -0.2) is 42.0 Å². The SMILES string of the molecule is C/C(=N/N1CCN(c2ccc(Cl)cc2)CC1)c1ccccc1O. The first kappa shape index (κ1) is 15.7. The van der Waals surface area contributed by atoms with Gasteiger partial charge in [0.05, 0.1) is 18.8 Å². The van der Waals surface area contributed by atoms with Crippen LogP contribution in [0.5, 0.6) is 5.75 Å². The number of phenols is 1. The van der Waals surface area contributed by atoms with Crippen LogP contribution in [0, 0.1) is 0 Å². The van der Waals surface area contributed by atoms with Crippen molar-refractivity contribution < 1.29 is 5.11 Å². The van der Waals surface area contributed by atoms with E-state index in [1.54, 1.807) is 6.07 Å². The van der Waals surface area contributed by atoms with Crippen LogP contribution in [0.15, 0.2) is 53.6 Å². The van der Waals surface area contributed by atoms with Gasteiger partial charge in [0.2, 0.25) is 0 Å². The van der Waals surface area contributed by atoms with Gasteiger partial charge in [0.25, 0.3) is 0 Å². The number of anilines is 1. The molecular formula is C18H20ClN3O. The molecule has 2 aromatic carbocycles. The summed E-state index contributed by atoms with van der Waals surface area (Å²) in [4.78, 5) is 2.33. The van der Waals surface area contributed by atoms with E-state index in [4.69, 9.17) is 11.6 Å². The van der Waals surface area contributed by atoms with Gasteiger partial charge in [-0.2, -0.15) is 5.10 Å². The van der Waals surface area contributed by atoms with Crippen LogP contribution in [0.3, 0.4) is 0 Å². The molecule has 120 valence electrons. The van der Waals surface area contributed by atoms with Crippen molar-refractivity contribution in [1.82, 2.24) is 5.01 Å². The molecule has 0 amide bonds. The van der Waals surface area contributed by atoms with E-state index in [1.807, 2.05) is 37.3 Å². The number of hydrogen-bond acceptors (Lipinski definition) is 4. The molecule has 0 aromatic heterocycles. The molecule has 5 heteroatoms. The van der Waals surface area contributed by atoms with E-state index in [2.05, 4.69) is 27.1 Å². The Morgan fingerprint density at radius 3 is 2.30 bits per heavy atom. The molecule has 1 fully saturated rings. The molecule has 1 aliphatic heterocycles. The molecule has 0 atom stereocenters. The van der Waals surface area contributed by atoms with Gasteiger partial charge in [-0.3, -0.25) is 5.01 Å². The Morgan fingerprint density at radius 2 is 1.65 bits per heavy atom. The summed E-state index contributed by atoms with van der Waals surface area (Å²) in [6.07, 6.45) is 0. The zero-order valence-corrected chi connectivity index (χ0v) is 13.9. The Kier molecular flexibility index (Phi) is 4.72. The fourth-order valence-electron chi connectivity index (χ4n) is 2.75. The second kappa shape index (κ2) is 6.92. The first-order valence-corrected chi connectivity index (χ1v) is 8.10. The normalized spacial score (nSPS) is 15.8. The Morgan fingerprint density at radius 1 is 1.00 bits per heavy atom. The molecule has 23 heavy (non-hydrogen) atoms. The summed E-state index contributed by atoms with van der Waals surface area (Å²) in [6, 6.07) is 15.2. The van der Waals surface area contributed by atoms with Crippen LogP contribution in [0.4, 0.5) is 5.69 Å². The predicted molar refractivity (Wildman–Crippen MR) is 95.6 cm³/mol. The van der Waals surface area contributed by atoms with Crippen molar-refractivity contribution in [3.05, 3.63) is 59.1 Å². The van der Waals surface area contributed by atoms with Crippen molar-refractivity contribution in [2.24, 2.45) is 5.10 Å². The van der Waals surface area contributed by atoms with Gasteiger partial charge in [-0.15, -0.1) is 0 Å². The van der Waals surface area contributed by atoms with Crippen molar-refractivity contribution in [2.45, 2.75) is 6.92 Å². The van der Waals surface area contributed by atoms with Gasteiger partial charge in [-0.05, 0) is 43.3 Å². The molecule has 0 spiro atoms. The number of hydrogen-bond donors (Lipinski definition) is 1. The average molecular weight is 330 g/mol. The summed E-state index contributed by atoms with van der Waals surface area (Å²) < 4.78 is 0. The van der Waals surface area contributed by atoms with Crippen molar-refractivity contribution >= 4 is 23.0 Å². The third-order valence-electron chi connectivity index (χ3n) is 4.03. The molecule has 1 saturated heterocycles. The first-order valence-electron chi connectivity index (χ1n) is 7.72. The molecule has 1 heterocycles. The minimum absolute atomic E-state index is 0.272. The van der Waals surface area contributed by atoms with Crippen molar-refractivity contribution in [3.63, 3.8) is 0 Å². The topological polar surface area (TPSA) is 39.1 Å². The monoisotopic (exact) mass is 329 g/mol. The molecule has 2 aromatic rings. The minimum Gasteiger partial charge on any atom is -0.507 e. The van der Waals surface area contributed by atoms with Gasteiger partial charge < -0.3 is 10.0 Å². The number of phenolic OH excluding ortho intramolecular Hbond substituents is 1. The highest BCUT2D eigenvalue weighted by molar-refractivity contribution is 6.30. The number of aromatic hydroxyl groups is 1. The van der Waals surface area contributed by atoms with Crippen LogP contribution in [0.2, 0.25) is 5.02 Å². The molecule has 0 aliphatic carbocycles. The highest BCUT2D eigenvalue weighted by atomic mass is 35.5. The van der Waals surface area contributed by atoms with E-state index in [0.717, 1.165) is 42.5 Å². The van der Waals surface area contributed by atoms with Gasteiger partial charge >= 0.3 is 0 Å². The lowest BCUT2D eigenvalue weighted by atomic mass is 10.1. The van der Waals surface area contributed by atoms with Gasteiger partial charge in [0.15, 0.2) is 0 Å². The van der Waals surface area contributed by atoms with Crippen LogP contribution < -0.4 is 4.90 Å². The third-order valence-corrected chi connectivity index (χ3v) is 4.29. The smallest absolute Gasteiger partial charge is 0.124 e. The van der Waals surface area contributed by atoms with Crippen molar-refractivity contribution in [2.75, 3.05) is 31.1 Å². The van der Waals surface area contributed by atoms with Crippen LogP contribution in [0.1, 0.15) is 12.5 Å². The highest BCUT2D eigenvalue weighted by Gasteiger charge is 2.16. The number of benzene rings is 2. The first-order chi connectivity index (χ1) is 11.1. The van der Waals surface area contributed by atoms with Crippen LogP contribution >= 0.6 is 11.6 Å². The highest BCUT2D eigenvalue weighted by Crippen LogP contribution is 2.20. The summed E-state index contributed by atoms with van der Waals surface area (Å²) in [7, 11) is 0. The maximum atomic E-state index is 9.91. The summed E-state index contributed by atoms with van der Waals surface area (Å²) in [5, 5.41) is 17.4. The molecule has 4 nitrogen and oxygen atoms in total. The van der Waals surface area contributed by atoms with Gasteiger partial charge in [-0.1, -0.05) is 23.7 Å². The summed E-state index contributed by atoms with van der Waals surface area (Å²) in [6.45, 7) is 5.47. The van der Waals surface area contributed by atoms with Crippen molar-refractivity contribution in [1.29, 1.82) is 0 Å². The Hall–Kier alpha value is -2.20. The number of nitrogens with zero attached hydrogens (tertiary/aromatic N) is 3. The number of piperazine rings is 1. The zero-order chi connectivity index (χ0) is 16.2. The summed E-state index contributed by atoms with van der Waals surface area (Å²) in [5.74, 6) is 0.272. The van der Waals surface area contributed by atoms with E-state index >= 15 is 0 Å². The molecule has 1 N–H and O–H groups in total. The largest absolute Gasteiger partial charge is 0.507 e. The summed E-state index contributed by atoms with van der Waals surface area (Å²) >= 11 is 5.94. The fourth-order valence-corrected chi connectivity index (χ4v) is 2.88. The lowest BCUT2D eigenvalue weighted by Crippen LogP contribution is -2.44. The standard InChI is InChI=1S/C18H20ClN3O/c1-14(17-4-2-3-5-18(17)23)20-22-12-10-21(11-13-22)16-8-6-15(19)7-9-16/h2-9,23H,10-13H2,1H3/b20-14-. The molecule has 1 aliphatic rings. The van der Waals surface area contributed by atoms with E-state index in [-0.39, 0.29) is 5.75 Å². The van der Waals surface area contributed by atoms with E-state index in [0.29, 0.717) is 0 Å². The quantitative estimate of drug-likeness (QED) is 0.875. The number of hydrazone groups is 1. The predicted octanol–water partition coefficient (Wildman–Crippen LogP) is 3.59. The fraction of sp³-hybridized carbons (Fsp3) is 0.278. The molecular weight excluding hydrogens is 310 g/mol. The lowest BCUT2D eigenvalue weighted by Gasteiger charge is -2.35. The summed E-state index contributed by atoms with van der Waals surface area (Å²) in [5.41, 5.74) is 2.81. The van der Waals surface area contributed by atoms with E-state index in [9.17, 15) is 5.11 Å².